The van der Waals surface area contributed by atoms with Gasteiger partial charge in [-0.1, -0.05) is 17.3 Å². The molecule has 0 amide bonds. The standard InChI is InChI=1S/C16H19N5O2/c1-11-17-14(23-20-11)9-16(22)7-4-8-21(10-16)15-18-12-5-2-3-6-13(12)19-15/h2-3,5-6,22H,4,7-10H2,1H3,(H,18,19). The molecule has 23 heavy (non-hydrogen) atoms. The fourth-order valence-corrected chi connectivity index (χ4v) is 3.22. The molecule has 2 N–H and O–H groups in total. The van der Waals surface area contributed by atoms with E-state index in [-0.39, 0.29) is 0 Å². The van der Waals surface area contributed by atoms with Crippen LogP contribution in [0, 0.1) is 6.92 Å². The molecule has 1 unspecified atom stereocenters. The Morgan fingerprint density at radius 1 is 1.35 bits per heavy atom. The summed E-state index contributed by atoms with van der Waals surface area (Å²) >= 11 is 0. The van der Waals surface area contributed by atoms with Crippen molar-refractivity contribution in [2.24, 2.45) is 0 Å². The highest BCUT2D eigenvalue weighted by Crippen LogP contribution is 2.28. The average molecular weight is 313 g/mol. The van der Waals surface area contributed by atoms with Crippen LogP contribution in [0.5, 0.6) is 0 Å². The zero-order valence-electron chi connectivity index (χ0n) is 13.0. The molecule has 1 fully saturated rings. The second-order valence-electron chi connectivity index (χ2n) is 6.24. The van der Waals surface area contributed by atoms with Crippen LogP contribution in [0.25, 0.3) is 11.0 Å². The van der Waals surface area contributed by atoms with Crippen molar-refractivity contribution in [1.82, 2.24) is 20.1 Å². The van der Waals surface area contributed by atoms with Crippen molar-refractivity contribution in [3.8, 4) is 0 Å². The van der Waals surface area contributed by atoms with Gasteiger partial charge in [0.2, 0.25) is 11.8 Å². The molecule has 7 nitrogen and oxygen atoms in total. The number of imidazole rings is 1. The fourth-order valence-electron chi connectivity index (χ4n) is 3.22. The maximum Gasteiger partial charge on any atom is 0.229 e. The predicted octanol–water partition coefficient (Wildman–Crippen LogP) is 1.83. The molecule has 4 rings (SSSR count). The van der Waals surface area contributed by atoms with E-state index in [2.05, 4.69) is 25.0 Å². The van der Waals surface area contributed by atoms with E-state index in [1.807, 2.05) is 24.3 Å². The summed E-state index contributed by atoms with van der Waals surface area (Å²) < 4.78 is 5.16. The summed E-state index contributed by atoms with van der Waals surface area (Å²) in [6.45, 7) is 3.14. The van der Waals surface area contributed by atoms with E-state index in [0.717, 1.165) is 29.9 Å². The lowest BCUT2D eigenvalue weighted by Crippen LogP contribution is -2.50. The Bertz CT molecular complexity index is 794. The third-order valence-electron chi connectivity index (χ3n) is 4.28. The molecule has 1 atom stereocenters. The van der Waals surface area contributed by atoms with Gasteiger partial charge in [0.25, 0.3) is 0 Å². The molecular formula is C16H19N5O2. The number of hydrogen-bond donors (Lipinski definition) is 2. The molecule has 1 saturated heterocycles. The zero-order valence-corrected chi connectivity index (χ0v) is 13.0. The van der Waals surface area contributed by atoms with E-state index in [9.17, 15) is 5.11 Å². The number of piperidine rings is 1. The smallest absolute Gasteiger partial charge is 0.229 e. The Labute approximate surface area is 133 Å². The second-order valence-corrected chi connectivity index (χ2v) is 6.24. The normalized spacial score (nSPS) is 21.9. The number of nitrogens with zero attached hydrogens (tertiary/aromatic N) is 4. The van der Waals surface area contributed by atoms with Gasteiger partial charge in [-0.2, -0.15) is 4.98 Å². The quantitative estimate of drug-likeness (QED) is 0.766. The van der Waals surface area contributed by atoms with Crippen LogP contribution >= 0.6 is 0 Å². The lowest BCUT2D eigenvalue weighted by molar-refractivity contribution is 0.0190. The molecule has 3 heterocycles. The number of fused-ring (bicyclic) bond motifs is 1. The van der Waals surface area contributed by atoms with E-state index < -0.39 is 5.60 Å². The lowest BCUT2D eigenvalue weighted by atomic mass is 9.90. The van der Waals surface area contributed by atoms with Gasteiger partial charge < -0.3 is 19.5 Å². The van der Waals surface area contributed by atoms with Gasteiger partial charge in [-0.25, -0.2) is 4.98 Å². The Balaban J connectivity index is 1.56. The molecule has 3 aromatic rings. The van der Waals surface area contributed by atoms with Crippen LogP contribution in [-0.2, 0) is 6.42 Å². The lowest BCUT2D eigenvalue weighted by Gasteiger charge is -2.38. The Morgan fingerprint density at radius 3 is 3.00 bits per heavy atom. The maximum atomic E-state index is 10.9. The van der Waals surface area contributed by atoms with Crippen LogP contribution in [0.4, 0.5) is 5.95 Å². The summed E-state index contributed by atoms with van der Waals surface area (Å²) in [5.74, 6) is 1.87. The highest BCUT2D eigenvalue weighted by atomic mass is 16.5. The number of H-pyrrole nitrogens is 1. The predicted molar refractivity (Wildman–Crippen MR) is 85.2 cm³/mol. The van der Waals surface area contributed by atoms with Crippen LogP contribution in [0.2, 0.25) is 0 Å². The molecule has 2 aromatic heterocycles. The number of aromatic amines is 1. The summed E-state index contributed by atoms with van der Waals surface area (Å²) in [5.41, 5.74) is 1.06. The average Bonchev–Trinajstić information content (AvgIpc) is 3.13. The third-order valence-corrected chi connectivity index (χ3v) is 4.28. The summed E-state index contributed by atoms with van der Waals surface area (Å²) in [6.07, 6.45) is 1.97. The number of hydrogen-bond acceptors (Lipinski definition) is 6. The molecule has 1 aliphatic rings. The summed E-state index contributed by atoms with van der Waals surface area (Å²) in [7, 11) is 0. The van der Waals surface area contributed by atoms with Crippen molar-refractivity contribution in [2.45, 2.75) is 31.8 Å². The minimum absolute atomic E-state index is 0.366. The first-order chi connectivity index (χ1) is 11.1. The van der Waals surface area contributed by atoms with Gasteiger partial charge in [-0.15, -0.1) is 0 Å². The number of para-hydroxylation sites is 2. The zero-order chi connectivity index (χ0) is 15.9. The number of aryl methyl sites for hydroxylation is 1. The molecule has 0 saturated carbocycles. The monoisotopic (exact) mass is 313 g/mol. The highest BCUT2D eigenvalue weighted by Gasteiger charge is 2.36. The van der Waals surface area contributed by atoms with Gasteiger partial charge >= 0.3 is 0 Å². The second kappa shape index (κ2) is 5.34. The van der Waals surface area contributed by atoms with Crippen molar-refractivity contribution in [3.63, 3.8) is 0 Å². The van der Waals surface area contributed by atoms with Crippen molar-refractivity contribution in [3.05, 3.63) is 36.0 Å². The van der Waals surface area contributed by atoms with E-state index in [4.69, 9.17) is 4.52 Å². The first-order valence-electron chi connectivity index (χ1n) is 7.83. The van der Waals surface area contributed by atoms with Crippen molar-refractivity contribution >= 4 is 17.0 Å². The summed E-state index contributed by atoms with van der Waals surface area (Å²) in [4.78, 5) is 14.2. The number of β-amino-alcohol motifs (C(OH)–C–C–N with tert-alkyl or cyclic N) is 1. The van der Waals surface area contributed by atoms with Gasteiger partial charge in [0.05, 0.1) is 29.6 Å². The number of anilines is 1. The number of benzene rings is 1. The van der Waals surface area contributed by atoms with Crippen LogP contribution < -0.4 is 4.90 Å². The minimum atomic E-state index is -0.879. The topological polar surface area (TPSA) is 91.1 Å². The number of aliphatic hydroxyl groups is 1. The van der Waals surface area contributed by atoms with Crippen molar-refractivity contribution in [1.29, 1.82) is 0 Å². The fraction of sp³-hybridized carbons (Fsp3) is 0.438. The van der Waals surface area contributed by atoms with Crippen LogP contribution in [0.1, 0.15) is 24.6 Å². The number of rotatable bonds is 3. The van der Waals surface area contributed by atoms with Crippen LogP contribution in [0.3, 0.4) is 0 Å². The largest absolute Gasteiger partial charge is 0.388 e. The Kier molecular flexibility index (Phi) is 3.30. The molecule has 0 aliphatic carbocycles. The molecule has 0 radical (unpaired) electrons. The first-order valence-corrected chi connectivity index (χ1v) is 7.83. The van der Waals surface area contributed by atoms with Crippen molar-refractivity contribution < 1.29 is 9.63 Å². The minimum Gasteiger partial charge on any atom is -0.388 e. The van der Waals surface area contributed by atoms with Gasteiger partial charge in [0, 0.05) is 6.54 Å². The van der Waals surface area contributed by atoms with Gasteiger partial charge in [0.1, 0.15) is 0 Å². The summed E-state index contributed by atoms with van der Waals surface area (Å²) in [6, 6.07) is 7.93. The van der Waals surface area contributed by atoms with E-state index >= 15 is 0 Å². The summed E-state index contributed by atoms with van der Waals surface area (Å²) in [5, 5.41) is 14.7. The Morgan fingerprint density at radius 2 is 2.22 bits per heavy atom. The number of aromatic nitrogens is 4. The van der Waals surface area contributed by atoms with E-state index in [1.165, 1.54) is 0 Å². The van der Waals surface area contributed by atoms with E-state index in [1.54, 1.807) is 6.92 Å². The van der Waals surface area contributed by atoms with Crippen LogP contribution in [-0.4, -0.2) is 43.9 Å². The molecule has 0 bridgehead atoms. The Hall–Kier alpha value is -2.41. The molecule has 1 aromatic carbocycles. The molecule has 120 valence electrons. The molecular weight excluding hydrogens is 294 g/mol. The molecule has 0 spiro atoms. The maximum absolute atomic E-state index is 10.9. The molecule has 1 aliphatic heterocycles. The number of nitrogens with one attached hydrogen (secondary N) is 1. The van der Waals surface area contributed by atoms with Gasteiger partial charge in [0.15, 0.2) is 5.82 Å². The SMILES string of the molecule is Cc1noc(CC2(O)CCCN(c3nc4ccccc4[nH]3)C2)n1. The van der Waals surface area contributed by atoms with E-state index in [0.29, 0.717) is 31.1 Å². The van der Waals surface area contributed by atoms with Gasteiger partial charge in [-0.3, -0.25) is 0 Å². The molecule has 7 heteroatoms. The highest BCUT2D eigenvalue weighted by molar-refractivity contribution is 5.77. The van der Waals surface area contributed by atoms with Crippen molar-refractivity contribution in [2.75, 3.05) is 18.0 Å². The van der Waals surface area contributed by atoms with Crippen LogP contribution in [0.15, 0.2) is 28.8 Å². The first kappa shape index (κ1) is 14.2. The van der Waals surface area contributed by atoms with Gasteiger partial charge in [-0.05, 0) is 31.9 Å². The third kappa shape index (κ3) is 2.79.